The number of carbonyl (C=O) groups excluding carboxylic acids is 1. The summed E-state index contributed by atoms with van der Waals surface area (Å²) in [5.74, 6) is 0.508. The number of carbonyl (C=O) groups is 1. The van der Waals surface area contributed by atoms with E-state index in [1.807, 2.05) is 18.2 Å². The van der Waals surface area contributed by atoms with Gasteiger partial charge in [-0.25, -0.2) is 0 Å². The van der Waals surface area contributed by atoms with E-state index in [1.165, 1.54) is 17.6 Å². The number of nitrogens with two attached hydrogens (primary N) is 1. The van der Waals surface area contributed by atoms with Crippen molar-refractivity contribution in [1.29, 1.82) is 0 Å². The zero-order valence-electron chi connectivity index (χ0n) is 11.3. The highest BCUT2D eigenvalue weighted by Gasteiger charge is 2.16. The Bertz CT molecular complexity index is 780. The Kier molecular flexibility index (Phi) is 3.49. The molecule has 0 spiro atoms. The minimum atomic E-state index is -0.226. The highest BCUT2D eigenvalue weighted by molar-refractivity contribution is 7.21. The third kappa shape index (κ3) is 2.55. The molecule has 0 saturated carbocycles. The number of aromatic nitrogens is 1. The Morgan fingerprint density at radius 2 is 2.33 bits per heavy atom. The van der Waals surface area contributed by atoms with Gasteiger partial charge in [0.05, 0.1) is 19.3 Å². The van der Waals surface area contributed by atoms with E-state index in [1.54, 1.807) is 13.2 Å². The van der Waals surface area contributed by atoms with Gasteiger partial charge in [0, 0.05) is 16.2 Å². The van der Waals surface area contributed by atoms with Gasteiger partial charge in [0.1, 0.15) is 22.6 Å². The maximum absolute atomic E-state index is 12.2. The fourth-order valence-corrected chi connectivity index (χ4v) is 3.04. The molecule has 7 heteroatoms. The number of fused-ring (bicyclic) bond motifs is 1. The fraction of sp³-hybridized carbons (Fsp3) is 0.143. The highest BCUT2D eigenvalue weighted by atomic mass is 32.1. The number of thiophene rings is 1. The molecule has 0 unspecified atom stereocenters. The molecule has 0 saturated heterocycles. The van der Waals surface area contributed by atoms with E-state index in [0.29, 0.717) is 22.8 Å². The molecule has 0 aliphatic rings. The molecule has 21 heavy (non-hydrogen) atoms. The van der Waals surface area contributed by atoms with Crippen LogP contribution in [-0.4, -0.2) is 18.2 Å². The number of amides is 1. The zero-order valence-corrected chi connectivity index (χ0v) is 12.1. The van der Waals surface area contributed by atoms with Crippen molar-refractivity contribution >= 4 is 33.0 Å². The van der Waals surface area contributed by atoms with Gasteiger partial charge in [0.2, 0.25) is 0 Å². The molecule has 1 amide bonds. The number of anilines is 1. The maximum atomic E-state index is 12.2. The molecule has 3 N–H and O–H groups in total. The number of benzene rings is 1. The van der Waals surface area contributed by atoms with Crippen LogP contribution in [0.1, 0.15) is 15.4 Å². The second-order valence-electron chi connectivity index (χ2n) is 4.38. The number of nitrogens with zero attached hydrogens (tertiary/aromatic N) is 1. The molecule has 1 aromatic carbocycles. The van der Waals surface area contributed by atoms with Crippen LogP contribution >= 0.6 is 11.3 Å². The van der Waals surface area contributed by atoms with Crippen LogP contribution in [0, 0.1) is 0 Å². The predicted molar refractivity (Wildman–Crippen MR) is 80.5 cm³/mol. The minimum absolute atomic E-state index is 0.226. The molecule has 0 radical (unpaired) electrons. The Balaban J connectivity index is 1.85. The molecule has 2 aromatic heterocycles. The van der Waals surface area contributed by atoms with Gasteiger partial charge in [0.25, 0.3) is 5.91 Å². The van der Waals surface area contributed by atoms with Crippen LogP contribution in [0.25, 0.3) is 10.1 Å². The number of hydrogen-bond donors (Lipinski definition) is 2. The summed E-state index contributed by atoms with van der Waals surface area (Å²) in [7, 11) is 1.60. The smallest absolute Gasteiger partial charge is 0.263 e. The molecule has 0 bridgehead atoms. The lowest BCUT2D eigenvalue weighted by Gasteiger charge is -2.01. The third-order valence-corrected chi connectivity index (χ3v) is 4.23. The van der Waals surface area contributed by atoms with E-state index < -0.39 is 0 Å². The standard InChI is InChI=1S/C14H13N3O3S/c1-19-9-2-3-10-11(6-9)21-13(12(10)15)14(18)16-7-8-4-5-20-17-8/h2-6H,7,15H2,1H3,(H,16,18). The first-order chi connectivity index (χ1) is 10.2. The predicted octanol–water partition coefficient (Wildman–Crippen LogP) is 2.41. The van der Waals surface area contributed by atoms with Gasteiger partial charge >= 0.3 is 0 Å². The van der Waals surface area contributed by atoms with Gasteiger partial charge in [-0.05, 0) is 18.2 Å². The van der Waals surface area contributed by atoms with Gasteiger partial charge in [-0.15, -0.1) is 11.3 Å². The van der Waals surface area contributed by atoms with Crippen LogP contribution in [0.3, 0.4) is 0 Å². The van der Waals surface area contributed by atoms with E-state index in [9.17, 15) is 4.79 Å². The van der Waals surface area contributed by atoms with Crippen LogP contribution in [0.5, 0.6) is 5.75 Å². The molecule has 0 atom stereocenters. The van der Waals surface area contributed by atoms with Crippen LogP contribution in [-0.2, 0) is 6.54 Å². The molecule has 3 aromatic rings. The fourth-order valence-electron chi connectivity index (χ4n) is 1.97. The second-order valence-corrected chi connectivity index (χ2v) is 5.43. The van der Waals surface area contributed by atoms with Crippen molar-refractivity contribution in [1.82, 2.24) is 10.5 Å². The van der Waals surface area contributed by atoms with Gasteiger partial charge in [0.15, 0.2) is 0 Å². The first-order valence-corrected chi connectivity index (χ1v) is 7.04. The summed E-state index contributed by atoms with van der Waals surface area (Å²) >= 11 is 1.34. The average molecular weight is 303 g/mol. The largest absolute Gasteiger partial charge is 0.497 e. The Morgan fingerprint density at radius 3 is 3.05 bits per heavy atom. The second kappa shape index (κ2) is 5.45. The normalized spacial score (nSPS) is 10.7. The molecule has 6 nitrogen and oxygen atoms in total. The quantitative estimate of drug-likeness (QED) is 0.772. The molecule has 3 rings (SSSR count). The van der Waals surface area contributed by atoms with Gasteiger partial charge in [-0.3, -0.25) is 4.79 Å². The van der Waals surface area contributed by atoms with Crippen molar-refractivity contribution in [2.75, 3.05) is 12.8 Å². The molecular weight excluding hydrogens is 290 g/mol. The van der Waals surface area contributed by atoms with E-state index in [-0.39, 0.29) is 5.91 Å². The topological polar surface area (TPSA) is 90.4 Å². The monoisotopic (exact) mass is 303 g/mol. The number of ether oxygens (including phenoxy) is 1. The van der Waals surface area contributed by atoms with E-state index >= 15 is 0 Å². The van der Waals surface area contributed by atoms with Crippen LogP contribution in [0.15, 0.2) is 35.1 Å². The SMILES string of the molecule is COc1ccc2c(N)c(C(=O)NCc3ccon3)sc2c1. The van der Waals surface area contributed by atoms with Crippen molar-refractivity contribution in [3.8, 4) is 5.75 Å². The summed E-state index contributed by atoms with van der Waals surface area (Å²) in [5.41, 5.74) is 7.19. The Morgan fingerprint density at radius 1 is 1.48 bits per heavy atom. The van der Waals surface area contributed by atoms with Crippen molar-refractivity contribution in [2.24, 2.45) is 0 Å². The van der Waals surface area contributed by atoms with Crippen molar-refractivity contribution < 1.29 is 14.1 Å². The third-order valence-electron chi connectivity index (χ3n) is 3.06. The first-order valence-electron chi connectivity index (χ1n) is 6.22. The van der Waals surface area contributed by atoms with E-state index in [0.717, 1.165) is 15.8 Å². The van der Waals surface area contributed by atoms with E-state index in [4.69, 9.17) is 15.0 Å². The molecule has 0 aliphatic heterocycles. The number of hydrogen-bond acceptors (Lipinski definition) is 6. The van der Waals surface area contributed by atoms with Crippen LogP contribution in [0.4, 0.5) is 5.69 Å². The van der Waals surface area contributed by atoms with Crippen molar-refractivity contribution in [3.63, 3.8) is 0 Å². The van der Waals surface area contributed by atoms with Crippen molar-refractivity contribution in [2.45, 2.75) is 6.54 Å². The van der Waals surface area contributed by atoms with E-state index in [2.05, 4.69) is 10.5 Å². The molecule has 2 heterocycles. The lowest BCUT2D eigenvalue weighted by molar-refractivity contribution is 0.0955. The number of rotatable bonds is 4. The lowest BCUT2D eigenvalue weighted by atomic mass is 10.2. The maximum Gasteiger partial charge on any atom is 0.263 e. The molecule has 0 aliphatic carbocycles. The summed E-state index contributed by atoms with van der Waals surface area (Å²) in [6.45, 7) is 0.298. The number of methoxy groups -OCH3 is 1. The van der Waals surface area contributed by atoms with Gasteiger partial charge in [-0.1, -0.05) is 5.16 Å². The first kappa shape index (κ1) is 13.4. The average Bonchev–Trinajstić information content (AvgIpc) is 3.12. The van der Waals surface area contributed by atoms with Crippen LogP contribution < -0.4 is 15.8 Å². The Labute approximate surface area is 124 Å². The summed E-state index contributed by atoms with van der Waals surface area (Å²) < 4.78 is 10.8. The minimum Gasteiger partial charge on any atom is -0.497 e. The molecule has 0 fully saturated rings. The highest BCUT2D eigenvalue weighted by Crippen LogP contribution is 2.35. The van der Waals surface area contributed by atoms with Crippen molar-refractivity contribution in [3.05, 3.63) is 41.1 Å². The number of nitrogen functional groups attached to an aromatic ring is 1. The Hall–Kier alpha value is -2.54. The number of nitrogens with one attached hydrogen (secondary N) is 1. The van der Waals surface area contributed by atoms with Gasteiger partial charge in [-0.2, -0.15) is 0 Å². The van der Waals surface area contributed by atoms with Crippen LogP contribution in [0.2, 0.25) is 0 Å². The summed E-state index contributed by atoms with van der Waals surface area (Å²) in [6, 6.07) is 7.24. The summed E-state index contributed by atoms with van der Waals surface area (Å²) in [6.07, 6.45) is 1.46. The zero-order chi connectivity index (χ0) is 14.8. The summed E-state index contributed by atoms with van der Waals surface area (Å²) in [5, 5.41) is 7.36. The molecular formula is C14H13N3O3S. The lowest BCUT2D eigenvalue weighted by Crippen LogP contribution is -2.22. The summed E-state index contributed by atoms with van der Waals surface area (Å²) in [4.78, 5) is 12.7. The molecule has 108 valence electrons. The van der Waals surface area contributed by atoms with Gasteiger partial charge < -0.3 is 20.3 Å².